The van der Waals surface area contributed by atoms with Crippen LogP contribution in [0.4, 0.5) is 0 Å². The lowest BCUT2D eigenvalue weighted by Crippen LogP contribution is -2.26. The van der Waals surface area contributed by atoms with E-state index in [0.29, 0.717) is 17.9 Å². The van der Waals surface area contributed by atoms with Gasteiger partial charge in [0, 0.05) is 40.4 Å². The van der Waals surface area contributed by atoms with Crippen LogP contribution in [0.3, 0.4) is 0 Å². The molecule has 2 aromatic heterocycles. The molecule has 0 spiro atoms. The van der Waals surface area contributed by atoms with Gasteiger partial charge >= 0.3 is 0 Å². The smallest absolute Gasteiger partial charge is 0.252 e. The summed E-state index contributed by atoms with van der Waals surface area (Å²) in [5.74, 6) is 1.40. The summed E-state index contributed by atoms with van der Waals surface area (Å²) in [7, 11) is 0. The van der Waals surface area contributed by atoms with Gasteiger partial charge in [0.1, 0.15) is 5.76 Å². The SMILES string of the molecule is Cc1cc(CSc2ccccc2C(=O)NCCc2c[nH]c3ccccc23)no1. The number of nitrogens with one attached hydrogen (secondary N) is 2. The number of para-hydroxylation sites is 1. The van der Waals surface area contributed by atoms with Crippen LogP contribution in [-0.2, 0) is 12.2 Å². The average molecular weight is 391 g/mol. The number of nitrogens with zero attached hydrogens (tertiary/aromatic N) is 1. The molecule has 0 saturated heterocycles. The molecule has 142 valence electrons. The van der Waals surface area contributed by atoms with E-state index in [2.05, 4.69) is 27.6 Å². The van der Waals surface area contributed by atoms with E-state index in [0.717, 1.165) is 28.3 Å². The van der Waals surface area contributed by atoms with E-state index in [1.165, 1.54) is 10.9 Å². The van der Waals surface area contributed by atoms with Crippen molar-refractivity contribution in [3.8, 4) is 0 Å². The first-order valence-electron chi connectivity index (χ1n) is 9.18. The molecule has 0 aliphatic rings. The quantitative estimate of drug-likeness (QED) is 0.447. The van der Waals surface area contributed by atoms with Crippen molar-refractivity contribution in [2.24, 2.45) is 0 Å². The van der Waals surface area contributed by atoms with Gasteiger partial charge in [0.05, 0.1) is 11.3 Å². The summed E-state index contributed by atoms with van der Waals surface area (Å²) in [6.07, 6.45) is 2.80. The first-order valence-corrected chi connectivity index (χ1v) is 10.2. The summed E-state index contributed by atoms with van der Waals surface area (Å²) in [4.78, 5) is 16.9. The Hall–Kier alpha value is -2.99. The first kappa shape index (κ1) is 18.4. The van der Waals surface area contributed by atoms with Crippen LogP contribution in [0, 0.1) is 6.92 Å². The Morgan fingerprint density at radius 1 is 1.18 bits per heavy atom. The maximum absolute atomic E-state index is 12.7. The van der Waals surface area contributed by atoms with Crippen molar-refractivity contribution in [1.29, 1.82) is 0 Å². The second kappa shape index (κ2) is 8.35. The predicted octanol–water partition coefficient (Wildman–Crippen LogP) is 4.73. The minimum atomic E-state index is -0.0562. The number of rotatable bonds is 7. The molecule has 28 heavy (non-hydrogen) atoms. The Morgan fingerprint density at radius 3 is 2.86 bits per heavy atom. The molecular weight excluding hydrogens is 370 g/mol. The third-order valence-electron chi connectivity index (χ3n) is 4.54. The third kappa shape index (κ3) is 4.12. The predicted molar refractivity (Wildman–Crippen MR) is 112 cm³/mol. The van der Waals surface area contributed by atoms with Gasteiger partial charge in [0.15, 0.2) is 0 Å². The standard InChI is InChI=1S/C22H21N3O2S/c1-15-12-17(25-27-15)14-28-21-9-5-3-7-19(21)22(26)23-11-10-16-13-24-20-8-4-2-6-18(16)20/h2-9,12-13,24H,10-11,14H2,1H3,(H,23,26). The van der Waals surface area contributed by atoms with Gasteiger partial charge in [0.25, 0.3) is 5.91 Å². The van der Waals surface area contributed by atoms with Gasteiger partial charge < -0.3 is 14.8 Å². The lowest BCUT2D eigenvalue weighted by atomic mass is 10.1. The molecule has 0 radical (unpaired) electrons. The van der Waals surface area contributed by atoms with E-state index in [4.69, 9.17) is 4.52 Å². The molecule has 1 amide bonds. The van der Waals surface area contributed by atoms with E-state index in [1.54, 1.807) is 11.8 Å². The fraction of sp³-hybridized carbons (Fsp3) is 0.182. The van der Waals surface area contributed by atoms with E-state index in [-0.39, 0.29) is 5.91 Å². The van der Waals surface area contributed by atoms with E-state index < -0.39 is 0 Å². The molecule has 2 aromatic carbocycles. The van der Waals surface area contributed by atoms with E-state index in [1.807, 2.05) is 55.6 Å². The second-order valence-corrected chi connectivity index (χ2v) is 7.60. The summed E-state index contributed by atoms with van der Waals surface area (Å²) < 4.78 is 5.10. The molecule has 4 aromatic rings. The van der Waals surface area contributed by atoms with Crippen LogP contribution < -0.4 is 5.32 Å². The van der Waals surface area contributed by atoms with Crippen LogP contribution in [0.5, 0.6) is 0 Å². The molecule has 6 heteroatoms. The highest BCUT2D eigenvalue weighted by Gasteiger charge is 2.12. The van der Waals surface area contributed by atoms with Crippen LogP contribution in [0.15, 0.2) is 70.2 Å². The Bertz CT molecular complexity index is 1100. The van der Waals surface area contributed by atoms with Crippen LogP contribution in [0.25, 0.3) is 10.9 Å². The van der Waals surface area contributed by atoms with Gasteiger partial charge in [-0.2, -0.15) is 0 Å². The average Bonchev–Trinajstić information content (AvgIpc) is 3.33. The van der Waals surface area contributed by atoms with Crippen LogP contribution >= 0.6 is 11.8 Å². The molecular formula is C22H21N3O2S. The first-order chi connectivity index (χ1) is 13.7. The number of carbonyl (C=O) groups excluding carboxylic acids is 1. The lowest BCUT2D eigenvalue weighted by molar-refractivity contribution is 0.0951. The minimum Gasteiger partial charge on any atom is -0.361 e. The Kier molecular flexibility index (Phi) is 5.48. The highest BCUT2D eigenvalue weighted by molar-refractivity contribution is 7.98. The molecule has 0 saturated carbocycles. The maximum Gasteiger partial charge on any atom is 0.252 e. The van der Waals surface area contributed by atoms with Gasteiger partial charge in [-0.05, 0) is 37.1 Å². The van der Waals surface area contributed by atoms with Gasteiger partial charge in [0.2, 0.25) is 0 Å². The number of hydrogen-bond donors (Lipinski definition) is 2. The molecule has 5 nitrogen and oxygen atoms in total. The number of aromatic nitrogens is 2. The van der Waals surface area contributed by atoms with Gasteiger partial charge in [-0.1, -0.05) is 35.5 Å². The monoisotopic (exact) mass is 391 g/mol. The second-order valence-electron chi connectivity index (χ2n) is 6.58. The Labute approximate surface area is 167 Å². The van der Waals surface area contributed by atoms with Crippen molar-refractivity contribution < 1.29 is 9.32 Å². The van der Waals surface area contributed by atoms with Crippen molar-refractivity contribution >= 4 is 28.6 Å². The number of amides is 1. The summed E-state index contributed by atoms with van der Waals surface area (Å²) >= 11 is 1.59. The van der Waals surface area contributed by atoms with Crippen molar-refractivity contribution in [1.82, 2.24) is 15.5 Å². The normalized spacial score (nSPS) is 11.0. The summed E-state index contributed by atoms with van der Waals surface area (Å²) in [6, 6.07) is 17.8. The number of thioether (sulfide) groups is 1. The number of carbonyl (C=O) groups is 1. The fourth-order valence-corrected chi connectivity index (χ4v) is 4.09. The number of aromatic amines is 1. The highest BCUT2D eigenvalue weighted by atomic mass is 32.2. The Balaban J connectivity index is 1.38. The number of fused-ring (bicyclic) bond motifs is 1. The third-order valence-corrected chi connectivity index (χ3v) is 5.65. The molecule has 0 aliphatic heterocycles. The molecule has 2 N–H and O–H groups in total. The molecule has 4 rings (SSSR count). The van der Waals surface area contributed by atoms with Crippen LogP contribution in [-0.4, -0.2) is 22.6 Å². The maximum atomic E-state index is 12.7. The minimum absolute atomic E-state index is 0.0562. The molecule has 0 fully saturated rings. The lowest BCUT2D eigenvalue weighted by Gasteiger charge is -2.09. The van der Waals surface area contributed by atoms with Crippen LogP contribution in [0.2, 0.25) is 0 Å². The molecule has 0 bridgehead atoms. The van der Waals surface area contributed by atoms with Crippen molar-refractivity contribution in [3.05, 3.63) is 83.4 Å². The van der Waals surface area contributed by atoms with E-state index in [9.17, 15) is 4.79 Å². The Morgan fingerprint density at radius 2 is 2.00 bits per heavy atom. The zero-order chi connectivity index (χ0) is 19.3. The zero-order valence-electron chi connectivity index (χ0n) is 15.6. The zero-order valence-corrected chi connectivity index (χ0v) is 16.4. The van der Waals surface area contributed by atoms with Crippen LogP contribution in [0.1, 0.15) is 27.4 Å². The molecule has 0 unspecified atom stereocenters. The molecule has 0 atom stereocenters. The summed E-state index contributed by atoms with van der Waals surface area (Å²) in [5, 5.41) is 8.26. The van der Waals surface area contributed by atoms with Crippen molar-refractivity contribution in [2.75, 3.05) is 6.54 Å². The number of hydrogen-bond acceptors (Lipinski definition) is 4. The highest BCUT2D eigenvalue weighted by Crippen LogP contribution is 2.26. The molecule has 0 aliphatic carbocycles. The molecule has 2 heterocycles. The fourth-order valence-electron chi connectivity index (χ4n) is 3.16. The van der Waals surface area contributed by atoms with Crippen molar-refractivity contribution in [2.45, 2.75) is 24.0 Å². The van der Waals surface area contributed by atoms with Crippen molar-refractivity contribution in [3.63, 3.8) is 0 Å². The van der Waals surface area contributed by atoms with Gasteiger partial charge in [-0.3, -0.25) is 4.79 Å². The van der Waals surface area contributed by atoms with Gasteiger partial charge in [-0.15, -0.1) is 11.8 Å². The topological polar surface area (TPSA) is 70.9 Å². The summed E-state index contributed by atoms with van der Waals surface area (Å²) in [6.45, 7) is 2.46. The number of H-pyrrole nitrogens is 1. The van der Waals surface area contributed by atoms with Gasteiger partial charge in [-0.25, -0.2) is 0 Å². The summed E-state index contributed by atoms with van der Waals surface area (Å²) in [5.41, 5.74) is 3.89. The number of benzene rings is 2. The van der Waals surface area contributed by atoms with E-state index >= 15 is 0 Å². The number of aryl methyl sites for hydroxylation is 1. The largest absolute Gasteiger partial charge is 0.361 e.